The first-order valence-electron chi connectivity index (χ1n) is 9.89. The van der Waals surface area contributed by atoms with Gasteiger partial charge in [-0.15, -0.1) is 11.3 Å². The van der Waals surface area contributed by atoms with Crippen molar-refractivity contribution in [3.8, 4) is 0 Å². The molecule has 2 amide bonds. The van der Waals surface area contributed by atoms with Crippen molar-refractivity contribution in [1.82, 2.24) is 19.8 Å². The molecule has 2 atom stereocenters. The Morgan fingerprint density at radius 3 is 2.87 bits per heavy atom. The van der Waals surface area contributed by atoms with Crippen molar-refractivity contribution in [2.45, 2.75) is 18.9 Å². The van der Waals surface area contributed by atoms with E-state index in [0.717, 1.165) is 6.42 Å². The first kappa shape index (κ1) is 20.3. The van der Waals surface area contributed by atoms with Gasteiger partial charge < -0.3 is 14.8 Å². The molecule has 0 aliphatic carbocycles. The molecule has 30 heavy (non-hydrogen) atoms. The third-order valence-corrected chi connectivity index (χ3v) is 6.25. The Bertz CT molecular complexity index is 1030. The smallest absolute Gasteiger partial charge is 0.263 e. The van der Waals surface area contributed by atoms with Crippen molar-refractivity contribution in [2.24, 2.45) is 13.0 Å². The van der Waals surface area contributed by atoms with Crippen molar-refractivity contribution in [3.63, 3.8) is 0 Å². The molecular formula is C22H23FN4O2S. The number of piperidine rings is 1. The number of aryl methyl sites for hydroxylation is 1. The van der Waals surface area contributed by atoms with Gasteiger partial charge in [0.1, 0.15) is 17.7 Å². The zero-order chi connectivity index (χ0) is 21.1. The number of carbonyl (C=O) groups is 2. The molecule has 156 valence electrons. The van der Waals surface area contributed by atoms with E-state index in [1.54, 1.807) is 35.5 Å². The fourth-order valence-electron chi connectivity index (χ4n) is 3.83. The number of carbonyl (C=O) groups excluding carboxylic acids is 2. The van der Waals surface area contributed by atoms with Gasteiger partial charge in [0.15, 0.2) is 0 Å². The lowest BCUT2D eigenvalue weighted by Gasteiger charge is -2.32. The van der Waals surface area contributed by atoms with E-state index in [1.165, 1.54) is 23.5 Å². The Kier molecular flexibility index (Phi) is 5.94. The number of hydrogen-bond donors (Lipinski definition) is 1. The molecule has 3 aromatic rings. The van der Waals surface area contributed by atoms with Gasteiger partial charge in [0.25, 0.3) is 5.91 Å². The maximum Gasteiger partial charge on any atom is 0.263 e. The summed E-state index contributed by atoms with van der Waals surface area (Å²) >= 11 is 1.41. The molecule has 1 aliphatic heterocycles. The van der Waals surface area contributed by atoms with E-state index in [9.17, 15) is 14.0 Å². The van der Waals surface area contributed by atoms with Crippen LogP contribution in [0.2, 0.25) is 0 Å². The molecule has 1 N–H and O–H groups in total. The van der Waals surface area contributed by atoms with E-state index in [4.69, 9.17) is 0 Å². The van der Waals surface area contributed by atoms with Gasteiger partial charge in [0, 0.05) is 32.5 Å². The average Bonchev–Trinajstić information content (AvgIpc) is 3.43. The Hall–Kier alpha value is -3.00. The van der Waals surface area contributed by atoms with E-state index < -0.39 is 6.04 Å². The molecule has 1 aliphatic rings. The second-order valence-corrected chi connectivity index (χ2v) is 8.41. The molecule has 2 aromatic heterocycles. The third kappa shape index (κ3) is 4.28. The predicted octanol–water partition coefficient (Wildman–Crippen LogP) is 3.38. The van der Waals surface area contributed by atoms with E-state index in [2.05, 4.69) is 10.3 Å². The molecule has 8 heteroatoms. The highest BCUT2D eigenvalue weighted by Crippen LogP contribution is 2.25. The minimum Gasteiger partial charge on any atom is -0.342 e. The Morgan fingerprint density at radius 1 is 1.30 bits per heavy atom. The standard InChI is InChI=1S/C22H23FN4O2S/c1-26-11-9-24-20(26)19(15-5-2-7-17(23)13-15)25-21(28)16-6-3-10-27(14-16)22(29)18-8-4-12-30-18/h2,4-5,7-9,11-13,16,19H,3,6,10,14H2,1H3,(H,25,28)/t16-,19+/m0/s1. The van der Waals surface area contributed by atoms with Crippen LogP contribution in [0.4, 0.5) is 4.39 Å². The van der Waals surface area contributed by atoms with Gasteiger partial charge in [0.05, 0.1) is 10.8 Å². The van der Waals surface area contributed by atoms with Crippen LogP contribution >= 0.6 is 11.3 Å². The van der Waals surface area contributed by atoms with Crippen LogP contribution in [0.5, 0.6) is 0 Å². The third-order valence-electron chi connectivity index (χ3n) is 5.40. The lowest BCUT2D eigenvalue weighted by Crippen LogP contribution is -2.46. The van der Waals surface area contributed by atoms with Crippen molar-refractivity contribution in [2.75, 3.05) is 13.1 Å². The molecule has 1 fully saturated rings. The number of nitrogens with one attached hydrogen (secondary N) is 1. The first-order chi connectivity index (χ1) is 14.5. The lowest BCUT2D eigenvalue weighted by atomic mass is 9.95. The molecule has 0 spiro atoms. The quantitative estimate of drug-likeness (QED) is 0.680. The summed E-state index contributed by atoms with van der Waals surface area (Å²) in [6, 6.07) is 9.26. The van der Waals surface area contributed by atoms with Gasteiger partial charge >= 0.3 is 0 Å². The Labute approximate surface area is 178 Å². The number of benzene rings is 1. The number of hydrogen-bond acceptors (Lipinski definition) is 4. The monoisotopic (exact) mass is 426 g/mol. The molecule has 0 saturated carbocycles. The van der Waals surface area contributed by atoms with Crippen molar-refractivity contribution in [3.05, 3.63) is 76.3 Å². The summed E-state index contributed by atoms with van der Waals surface area (Å²) in [5.74, 6) is -0.258. The summed E-state index contributed by atoms with van der Waals surface area (Å²) in [7, 11) is 1.84. The molecule has 4 rings (SSSR count). The van der Waals surface area contributed by atoms with Crippen LogP contribution in [0.1, 0.15) is 39.9 Å². The Balaban J connectivity index is 1.52. The van der Waals surface area contributed by atoms with E-state index in [1.807, 2.05) is 23.1 Å². The van der Waals surface area contributed by atoms with Crippen LogP contribution in [-0.4, -0.2) is 39.4 Å². The molecule has 6 nitrogen and oxygen atoms in total. The fraction of sp³-hybridized carbons (Fsp3) is 0.318. The van der Waals surface area contributed by atoms with Gasteiger partial charge in [-0.2, -0.15) is 0 Å². The minimum absolute atomic E-state index is 0.0340. The van der Waals surface area contributed by atoms with Gasteiger partial charge in [-0.25, -0.2) is 9.37 Å². The molecular weight excluding hydrogens is 403 g/mol. The number of aromatic nitrogens is 2. The van der Waals surface area contributed by atoms with Crippen LogP contribution in [0.25, 0.3) is 0 Å². The minimum atomic E-state index is -0.573. The predicted molar refractivity (Wildman–Crippen MR) is 113 cm³/mol. The SMILES string of the molecule is Cn1ccnc1[C@H](NC(=O)[C@H]1CCCN(C(=O)c2cccs2)C1)c1cccc(F)c1. The summed E-state index contributed by atoms with van der Waals surface area (Å²) in [4.78, 5) is 32.6. The van der Waals surface area contributed by atoms with E-state index in [-0.39, 0.29) is 23.5 Å². The summed E-state index contributed by atoms with van der Waals surface area (Å²) in [6.07, 6.45) is 4.91. The van der Waals surface area contributed by atoms with Crippen molar-refractivity contribution in [1.29, 1.82) is 0 Å². The first-order valence-corrected chi connectivity index (χ1v) is 10.8. The van der Waals surface area contributed by atoms with E-state index >= 15 is 0 Å². The molecule has 1 saturated heterocycles. The summed E-state index contributed by atoms with van der Waals surface area (Å²) in [5.41, 5.74) is 0.625. The number of amides is 2. The van der Waals surface area contributed by atoms with Gasteiger partial charge in [-0.1, -0.05) is 18.2 Å². The maximum absolute atomic E-state index is 13.9. The number of nitrogens with zero attached hydrogens (tertiary/aromatic N) is 3. The topological polar surface area (TPSA) is 67.2 Å². The molecule has 3 heterocycles. The maximum atomic E-state index is 13.9. The normalized spacial score (nSPS) is 17.5. The van der Waals surface area contributed by atoms with Gasteiger partial charge in [0.2, 0.25) is 5.91 Å². The number of thiophene rings is 1. The highest BCUT2D eigenvalue weighted by atomic mass is 32.1. The van der Waals surface area contributed by atoms with Crippen LogP contribution in [0.15, 0.2) is 54.2 Å². The average molecular weight is 427 g/mol. The van der Waals surface area contributed by atoms with Crippen molar-refractivity contribution < 1.29 is 14.0 Å². The van der Waals surface area contributed by atoms with Crippen LogP contribution in [0.3, 0.4) is 0 Å². The molecule has 1 aromatic carbocycles. The number of imidazole rings is 1. The zero-order valence-corrected chi connectivity index (χ0v) is 17.4. The summed E-state index contributed by atoms with van der Waals surface area (Å²) in [5, 5.41) is 4.92. The summed E-state index contributed by atoms with van der Waals surface area (Å²) < 4.78 is 15.7. The summed E-state index contributed by atoms with van der Waals surface area (Å²) in [6.45, 7) is 1.02. The van der Waals surface area contributed by atoms with Crippen molar-refractivity contribution >= 4 is 23.2 Å². The second-order valence-electron chi connectivity index (χ2n) is 7.46. The molecule has 0 bridgehead atoms. The number of rotatable bonds is 5. The number of halogens is 1. The molecule has 0 radical (unpaired) electrons. The fourth-order valence-corrected chi connectivity index (χ4v) is 4.52. The highest BCUT2D eigenvalue weighted by Gasteiger charge is 2.31. The molecule has 0 unspecified atom stereocenters. The highest BCUT2D eigenvalue weighted by molar-refractivity contribution is 7.12. The van der Waals surface area contributed by atoms with E-state index in [0.29, 0.717) is 35.8 Å². The van der Waals surface area contributed by atoms with Gasteiger partial charge in [-0.05, 0) is 42.0 Å². The van der Waals surface area contributed by atoms with Gasteiger partial charge in [-0.3, -0.25) is 9.59 Å². The van der Waals surface area contributed by atoms with Crippen LogP contribution in [0, 0.1) is 11.7 Å². The number of likely N-dealkylation sites (tertiary alicyclic amines) is 1. The van der Waals surface area contributed by atoms with Crippen LogP contribution in [-0.2, 0) is 11.8 Å². The largest absolute Gasteiger partial charge is 0.342 e. The van der Waals surface area contributed by atoms with Crippen LogP contribution < -0.4 is 5.32 Å². The zero-order valence-electron chi connectivity index (χ0n) is 16.6. The Morgan fingerprint density at radius 2 is 2.17 bits per heavy atom. The lowest BCUT2D eigenvalue weighted by molar-refractivity contribution is -0.126. The second kappa shape index (κ2) is 8.79.